The van der Waals surface area contributed by atoms with Crippen molar-refractivity contribution in [1.29, 1.82) is 0 Å². The zero-order chi connectivity index (χ0) is 16.4. The fourth-order valence-electron chi connectivity index (χ4n) is 2.61. The third-order valence-corrected chi connectivity index (χ3v) is 4.50. The summed E-state index contributed by atoms with van der Waals surface area (Å²) in [4.78, 5) is 29.7. The minimum Gasteiger partial charge on any atom is -0.353 e. The van der Waals surface area contributed by atoms with Crippen LogP contribution in [0.15, 0.2) is 17.0 Å². The number of hydrogen-bond donors (Lipinski definition) is 0. The van der Waals surface area contributed by atoms with Crippen LogP contribution in [0.4, 0.5) is 5.82 Å². The quantitative estimate of drug-likeness (QED) is 0.864. The number of nitrogens with zero attached hydrogens (tertiary/aromatic N) is 5. The van der Waals surface area contributed by atoms with Crippen molar-refractivity contribution in [3.8, 4) is 0 Å². The van der Waals surface area contributed by atoms with Crippen molar-refractivity contribution >= 4 is 23.1 Å². The van der Waals surface area contributed by atoms with E-state index in [-0.39, 0.29) is 5.91 Å². The second-order valence-electron chi connectivity index (χ2n) is 6.03. The van der Waals surface area contributed by atoms with E-state index in [4.69, 9.17) is 0 Å². The molecule has 0 aromatic carbocycles. The third-order valence-electron chi connectivity index (χ3n) is 3.92. The van der Waals surface area contributed by atoms with Gasteiger partial charge in [-0.05, 0) is 6.92 Å². The van der Waals surface area contributed by atoms with E-state index in [9.17, 15) is 4.79 Å². The van der Waals surface area contributed by atoms with Crippen LogP contribution in [0.5, 0.6) is 0 Å². The summed E-state index contributed by atoms with van der Waals surface area (Å²) in [6.07, 6.45) is 0. The van der Waals surface area contributed by atoms with Crippen molar-refractivity contribution in [3.63, 3.8) is 0 Å². The number of amides is 1. The highest BCUT2D eigenvalue weighted by Gasteiger charge is 2.24. The predicted molar refractivity (Wildman–Crippen MR) is 91.1 cm³/mol. The van der Waals surface area contributed by atoms with Gasteiger partial charge in [-0.2, -0.15) is 0 Å². The molecular formula is C16H21N5OS. The Morgan fingerprint density at radius 1 is 1.22 bits per heavy atom. The molecular weight excluding hydrogens is 310 g/mol. The first-order valence-electron chi connectivity index (χ1n) is 7.82. The van der Waals surface area contributed by atoms with E-state index in [0.717, 1.165) is 30.4 Å². The Balaban J connectivity index is 1.68. The topological polar surface area (TPSA) is 62.2 Å². The molecule has 0 aliphatic carbocycles. The third kappa shape index (κ3) is 3.50. The van der Waals surface area contributed by atoms with E-state index in [1.54, 1.807) is 10.9 Å². The molecule has 6 nitrogen and oxygen atoms in total. The molecule has 2 aromatic heterocycles. The number of carbonyl (C=O) groups is 1. The number of aryl methyl sites for hydroxylation is 1. The smallest absolute Gasteiger partial charge is 0.273 e. The SMILES string of the molecule is Cc1cc(N2CCN(C(=O)c3cscn3)CC2)nc(C(C)C)n1. The van der Waals surface area contributed by atoms with Gasteiger partial charge in [0.15, 0.2) is 0 Å². The number of hydrogen-bond acceptors (Lipinski definition) is 6. The van der Waals surface area contributed by atoms with E-state index >= 15 is 0 Å². The molecule has 0 bridgehead atoms. The van der Waals surface area contributed by atoms with Crippen molar-refractivity contribution < 1.29 is 4.79 Å². The van der Waals surface area contributed by atoms with E-state index in [2.05, 4.69) is 33.7 Å². The maximum atomic E-state index is 12.3. The van der Waals surface area contributed by atoms with Gasteiger partial charge in [-0.1, -0.05) is 13.8 Å². The maximum absolute atomic E-state index is 12.3. The summed E-state index contributed by atoms with van der Waals surface area (Å²) < 4.78 is 0. The lowest BCUT2D eigenvalue weighted by Crippen LogP contribution is -2.49. The van der Waals surface area contributed by atoms with E-state index < -0.39 is 0 Å². The van der Waals surface area contributed by atoms with Gasteiger partial charge in [-0.15, -0.1) is 11.3 Å². The number of anilines is 1. The molecule has 7 heteroatoms. The van der Waals surface area contributed by atoms with Crippen molar-refractivity contribution in [2.45, 2.75) is 26.7 Å². The van der Waals surface area contributed by atoms with Gasteiger partial charge >= 0.3 is 0 Å². The van der Waals surface area contributed by atoms with Gasteiger partial charge < -0.3 is 9.80 Å². The highest BCUT2D eigenvalue weighted by atomic mass is 32.1. The molecule has 1 fully saturated rings. The van der Waals surface area contributed by atoms with Crippen molar-refractivity contribution in [2.24, 2.45) is 0 Å². The fraction of sp³-hybridized carbons (Fsp3) is 0.500. The average Bonchev–Trinajstić information content (AvgIpc) is 3.08. The van der Waals surface area contributed by atoms with E-state index in [1.807, 2.05) is 17.9 Å². The highest BCUT2D eigenvalue weighted by Crippen LogP contribution is 2.19. The lowest BCUT2D eigenvalue weighted by atomic mass is 10.2. The highest BCUT2D eigenvalue weighted by molar-refractivity contribution is 7.07. The summed E-state index contributed by atoms with van der Waals surface area (Å²) in [7, 11) is 0. The van der Waals surface area contributed by atoms with Gasteiger partial charge in [0.1, 0.15) is 17.3 Å². The molecule has 23 heavy (non-hydrogen) atoms. The first-order valence-corrected chi connectivity index (χ1v) is 8.77. The van der Waals surface area contributed by atoms with Crippen LogP contribution in [0.1, 0.15) is 41.8 Å². The van der Waals surface area contributed by atoms with Crippen LogP contribution in [-0.2, 0) is 0 Å². The Morgan fingerprint density at radius 2 is 1.96 bits per heavy atom. The summed E-state index contributed by atoms with van der Waals surface area (Å²) in [6, 6.07) is 2.02. The minimum atomic E-state index is 0.0210. The van der Waals surface area contributed by atoms with Crippen molar-refractivity contribution in [2.75, 3.05) is 31.1 Å². The van der Waals surface area contributed by atoms with Crippen LogP contribution in [-0.4, -0.2) is 51.9 Å². The van der Waals surface area contributed by atoms with Crippen LogP contribution < -0.4 is 4.90 Å². The van der Waals surface area contributed by atoms with Gasteiger partial charge in [-0.25, -0.2) is 15.0 Å². The van der Waals surface area contributed by atoms with Gasteiger partial charge in [0.25, 0.3) is 5.91 Å². The molecule has 0 unspecified atom stereocenters. The molecule has 0 atom stereocenters. The van der Waals surface area contributed by atoms with Crippen LogP contribution in [0.25, 0.3) is 0 Å². The summed E-state index contributed by atoms with van der Waals surface area (Å²) in [5, 5.41) is 1.80. The Kier molecular flexibility index (Phi) is 4.56. The molecule has 3 heterocycles. The average molecular weight is 331 g/mol. The minimum absolute atomic E-state index is 0.0210. The molecule has 3 rings (SSSR count). The molecule has 1 aliphatic rings. The molecule has 1 aliphatic heterocycles. The molecule has 0 saturated carbocycles. The Morgan fingerprint density at radius 3 is 2.57 bits per heavy atom. The van der Waals surface area contributed by atoms with Crippen molar-refractivity contribution in [3.05, 3.63) is 34.2 Å². The monoisotopic (exact) mass is 331 g/mol. The number of piperazine rings is 1. The lowest BCUT2D eigenvalue weighted by Gasteiger charge is -2.35. The van der Waals surface area contributed by atoms with Gasteiger partial charge in [0, 0.05) is 49.2 Å². The second kappa shape index (κ2) is 6.62. The Bertz CT molecular complexity index is 678. The molecule has 0 radical (unpaired) electrons. The summed E-state index contributed by atoms with van der Waals surface area (Å²) in [6.45, 7) is 9.14. The van der Waals surface area contributed by atoms with Crippen molar-refractivity contribution in [1.82, 2.24) is 19.9 Å². The van der Waals surface area contributed by atoms with Gasteiger partial charge in [0.2, 0.25) is 0 Å². The summed E-state index contributed by atoms with van der Waals surface area (Å²) in [5.41, 5.74) is 3.23. The van der Waals surface area contributed by atoms with E-state index in [1.165, 1.54) is 11.3 Å². The normalized spacial score (nSPS) is 15.3. The zero-order valence-electron chi connectivity index (χ0n) is 13.7. The summed E-state index contributed by atoms with van der Waals surface area (Å²) >= 11 is 1.45. The van der Waals surface area contributed by atoms with Crippen LogP contribution in [0.3, 0.4) is 0 Å². The van der Waals surface area contributed by atoms with Crippen LogP contribution in [0, 0.1) is 6.92 Å². The molecule has 2 aromatic rings. The first-order chi connectivity index (χ1) is 11.0. The Hall–Kier alpha value is -2.02. The molecule has 1 saturated heterocycles. The van der Waals surface area contributed by atoms with Gasteiger partial charge in [-0.3, -0.25) is 4.79 Å². The summed E-state index contributed by atoms with van der Waals surface area (Å²) in [5.74, 6) is 2.16. The molecule has 0 N–H and O–H groups in total. The first kappa shape index (κ1) is 15.9. The van der Waals surface area contributed by atoms with Gasteiger partial charge in [0.05, 0.1) is 5.51 Å². The van der Waals surface area contributed by atoms with Crippen LogP contribution in [0.2, 0.25) is 0 Å². The largest absolute Gasteiger partial charge is 0.353 e. The fourth-order valence-corrected chi connectivity index (χ4v) is 3.14. The molecule has 0 spiro atoms. The standard InChI is InChI=1S/C16H21N5OS/c1-11(2)15-18-12(3)8-14(19-15)20-4-6-21(7-5-20)16(22)13-9-23-10-17-13/h8-11H,4-7H2,1-3H3. The molecule has 1 amide bonds. The lowest BCUT2D eigenvalue weighted by molar-refractivity contribution is 0.0741. The molecule has 122 valence electrons. The van der Waals surface area contributed by atoms with E-state index in [0.29, 0.717) is 24.7 Å². The maximum Gasteiger partial charge on any atom is 0.273 e. The number of thiazole rings is 1. The zero-order valence-corrected chi connectivity index (χ0v) is 14.5. The Labute approximate surface area is 140 Å². The number of aromatic nitrogens is 3. The second-order valence-corrected chi connectivity index (χ2v) is 6.75. The van der Waals surface area contributed by atoms with Crippen LogP contribution >= 0.6 is 11.3 Å². The predicted octanol–water partition coefficient (Wildman–Crippen LogP) is 2.33. The number of rotatable bonds is 3. The number of carbonyl (C=O) groups excluding carboxylic acids is 1.